The van der Waals surface area contributed by atoms with Crippen molar-refractivity contribution in [2.45, 2.75) is 16.9 Å². The van der Waals surface area contributed by atoms with Gasteiger partial charge in [0, 0.05) is 20.2 Å². The number of methoxy groups -OCH3 is 1. The maximum atomic E-state index is 5.69. The van der Waals surface area contributed by atoms with Crippen LogP contribution in [0.2, 0.25) is 0 Å². The van der Waals surface area contributed by atoms with Crippen molar-refractivity contribution >= 4 is 28.7 Å². The van der Waals surface area contributed by atoms with Gasteiger partial charge in [0.05, 0.1) is 0 Å². The summed E-state index contributed by atoms with van der Waals surface area (Å²) in [6, 6.07) is 9.50. The number of hydrogen-bond donors (Lipinski definition) is 1. The van der Waals surface area contributed by atoms with Crippen LogP contribution in [0.3, 0.4) is 0 Å². The molecule has 7 heteroatoms. The molecule has 0 saturated carbocycles. The zero-order valence-electron chi connectivity index (χ0n) is 11.7. The van der Waals surface area contributed by atoms with Crippen LogP contribution in [-0.4, -0.2) is 29.1 Å². The highest BCUT2D eigenvalue weighted by Gasteiger charge is 2.10. The Hall–Kier alpha value is -2.12. The van der Waals surface area contributed by atoms with Crippen LogP contribution < -0.4 is 5.32 Å². The van der Waals surface area contributed by atoms with Gasteiger partial charge in [0.15, 0.2) is 11.4 Å². The third kappa shape index (κ3) is 3.14. The predicted molar refractivity (Wildman–Crippen MR) is 80.4 cm³/mol. The second-order valence-corrected chi connectivity index (χ2v) is 5.21. The maximum absolute atomic E-state index is 5.69. The van der Waals surface area contributed by atoms with Crippen LogP contribution in [0.4, 0.5) is 5.82 Å². The number of para-hydroxylation sites is 2. The van der Waals surface area contributed by atoms with Crippen LogP contribution in [0.15, 0.2) is 45.0 Å². The number of aromatic nitrogens is 3. The molecule has 21 heavy (non-hydrogen) atoms. The van der Waals surface area contributed by atoms with Gasteiger partial charge in [-0.1, -0.05) is 12.1 Å². The standard InChI is InChI=1S/C14H14N4O2S/c1-15-11-7-13(18-12(17-11)8-19-2)21-14-16-9-5-3-4-6-10(9)20-14/h3-7H,8H2,1-2H3,(H,15,17,18). The third-order valence-electron chi connectivity index (χ3n) is 2.74. The van der Waals surface area contributed by atoms with Gasteiger partial charge in [-0.15, -0.1) is 0 Å². The van der Waals surface area contributed by atoms with E-state index in [1.165, 1.54) is 11.8 Å². The number of benzene rings is 1. The quantitative estimate of drug-likeness (QED) is 0.726. The van der Waals surface area contributed by atoms with Crippen molar-refractivity contribution in [3.8, 4) is 0 Å². The first-order chi connectivity index (χ1) is 10.3. The van der Waals surface area contributed by atoms with Crippen LogP contribution in [0.25, 0.3) is 11.1 Å². The average Bonchev–Trinajstić information content (AvgIpc) is 2.89. The van der Waals surface area contributed by atoms with E-state index in [4.69, 9.17) is 9.15 Å². The van der Waals surface area contributed by atoms with Crippen molar-refractivity contribution in [2.24, 2.45) is 0 Å². The fourth-order valence-corrected chi connectivity index (χ4v) is 2.61. The Kier molecular flexibility index (Phi) is 4.03. The molecule has 0 bridgehead atoms. The summed E-state index contributed by atoms with van der Waals surface area (Å²) < 4.78 is 10.8. The zero-order valence-corrected chi connectivity index (χ0v) is 12.5. The normalized spacial score (nSPS) is 11.0. The van der Waals surface area contributed by atoms with E-state index in [9.17, 15) is 0 Å². The van der Waals surface area contributed by atoms with Gasteiger partial charge in [0.2, 0.25) is 0 Å². The number of ether oxygens (including phenoxy) is 1. The predicted octanol–water partition coefficient (Wildman–Crippen LogP) is 2.96. The van der Waals surface area contributed by atoms with Crippen LogP contribution >= 0.6 is 11.8 Å². The van der Waals surface area contributed by atoms with Gasteiger partial charge in [-0.05, 0) is 23.9 Å². The Morgan fingerprint density at radius 3 is 2.86 bits per heavy atom. The van der Waals surface area contributed by atoms with Crippen LogP contribution in [-0.2, 0) is 11.3 Å². The topological polar surface area (TPSA) is 73.1 Å². The molecule has 1 aromatic carbocycles. The minimum Gasteiger partial charge on any atom is -0.431 e. The minimum absolute atomic E-state index is 0.358. The highest BCUT2D eigenvalue weighted by Crippen LogP contribution is 2.29. The van der Waals surface area contributed by atoms with Gasteiger partial charge in [-0.3, -0.25) is 0 Å². The lowest BCUT2D eigenvalue weighted by Crippen LogP contribution is -2.02. The zero-order chi connectivity index (χ0) is 14.7. The molecule has 2 heterocycles. The molecule has 3 aromatic rings. The van der Waals surface area contributed by atoms with Crippen molar-refractivity contribution in [1.82, 2.24) is 15.0 Å². The molecule has 0 amide bonds. The van der Waals surface area contributed by atoms with E-state index in [1.54, 1.807) is 7.11 Å². The Morgan fingerprint density at radius 1 is 1.24 bits per heavy atom. The summed E-state index contributed by atoms with van der Waals surface area (Å²) in [6.07, 6.45) is 0. The molecule has 0 saturated heterocycles. The molecular formula is C14H14N4O2S. The minimum atomic E-state index is 0.358. The Bertz CT molecular complexity index is 727. The van der Waals surface area contributed by atoms with Crippen molar-refractivity contribution in [3.63, 3.8) is 0 Å². The molecule has 0 aliphatic heterocycles. The van der Waals surface area contributed by atoms with Gasteiger partial charge in [-0.25, -0.2) is 15.0 Å². The molecule has 3 rings (SSSR count). The monoisotopic (exact) mass is 302 g/mol. The van der Waals surface area contributed by atoms with E-state index in [0.717, 1.165) is 21.9 Å². The summed E-state index contributed by atoms with van der Waals surface area (Å²) >= 11 is 1.36. The lowest BCUT2D eigenvalue weighted by Gasteiger charge is -2.05. The second kappa shape index (κ2) is 6.11. The molecule has 0 atom stereocenters. The molecule has 0 spiro atoms. The first-order valence-corrected chi connectivity index (χ1v) is 7.18. The van der Waals surface area contributed by atoms with E-state index in [1.807, 2.05) is 37.4 Å². The van der Waals surface area contributed by atoms with E-state index in [0.29, 0.717) is 17.7 Å². The lowest BCUT2D eigenvalue weighted by molar-refractivity contribution is 0.177. The van der Waals surface area contributed by atoms with Crippen LogP contribution in [0.5, 0.6) is 0 Å². The second-order valence-electron chi connectivity index (χ2n) is 4.24. The first kappa shape index (κ1) is 13.8. The molecule has 0 unspecified atom stereocenters. The van der Waals surface area contributed by atoms with Crippen LogP contribution in [0.1, 0.15) is 5.82 Å². The Labute approximate surface area is 126 Å². The molecule has 2 aromatic heterocycles. The summed E-state index contributed by atoms with van der Waals surface area (Å²) in [5, 5.41) is 4.32. The number of hydrogen-bond acceptors (Lipinski definition) is 7. The van der Waals surface area contributed by atoms with Crippen molar-refractivity contribution < 1.29 is 9.15 Å². The average molecular weight is 302 g/mol. The van der Waals surface area contributed by atoms with Gasteiger partial charge < -0.3 is 14.5 Å². The van der Waals surface area contributed by atoms with Crippen molar-refractivity contribution in [3.05, 3.63) is 36.2 Å². The number of fused-ring (bicyclic) bond motifs is 1. The van der Waals surface area contributed by atoms with Gasteiger partial charge >= 0.3 is 0 Å². The first-order valence-electron chi connectivity index (χ1n) is 6.36. The van der Waals surface area contributed by atoms with Crippen molar-refractivity contribution in [1.29, 1.82) is 0 Å². The maximum Gasteiger partial charge on any atom is 0.263 e. The van der Waals surface area contributed by atoms with E-state index < -0.39 is 0 Å². The number of anilines is 1. The van der Waals surface area contributed by atoms with Crippen LogP contribution in [0, 0.1) is 0 Å². The SMILES string of the molecule is CNc1cc(Sc2nc3ccccc3o2)nc(COC)n1. The molecule has 0 aliphatic carbocycles. The summed E-state index contributed by atoms with van der Waals surface area (Å²) in [7, 11) is 3.43. The molecule has 0 radical (unpaired) electrons. The fraction of sp³-hybridized carbons (Fsp3) is 0.214. The number of nitrogens with one attached hydrogen (secondary N) is 1. The summed E-state index contributed by atoms with van der Waals surface area (Å²) in [6.45, 7) is 0.358. The van der Waals surface area contributed by atoms with Crippen molar-refractivity contribution in [2.75, 3.05) is 19.5 Å². The molecule has 108 valence electrons. The molecule has 0 fully saturated rings. The smallest absolute Gasteiger partial charge is 0.263 e. The number of rotatable bonds is 5. The summed E-state index contributed by atoms with van der Waals surface area (Å²) in [5.41, 5.74) is 1.60. The highest BCUT2D eigenvalue weighted by molar-refractivity contribution is 7.99. The lowest BCUT2D eigenvalue weighted by atomic mass is 10.3. The summed E-state index contributed by atoms with van der Waals surface area (Å²) in [4.78, 5) is 13.2. The number of nitrogens with zero attached hydrogens (tertiary/aromatic N) is 3. The van der Waals surface area contributed by atoms with Gasteiger partial charge in [0.1, 0.15) is 23.0 Å². The Morgan fingerprint density at radius 2 is 2.10 bits per heavy atom. The van der Waals surface area contributed by atoms with E-state index in [-0.39, 0.29) is 0 Å². The van der Waals surface area contributed by atoms with Gasteiger partial charge in [0.25, 0.3) is 5.22 Å². The van der Waals surface area contributed by atoms with E-state index >= 15 is 0 Å². The molecule has 0 aliphatic rings. The number of oxazole rings is 1. The molecule has 1 N–H and O–H groups in total. The summed E-state index contributed by atoms with van der Waals surface area (Å²) in [5.74, 6) is 1.35. The molecular weight excluding hydrogens is 288 g/mol. The third-order valence-corrected chi connectivity index (χ3v) is 3.51. The Balaban J connectivity index is 1.90. The highest BCUT2D eigenvalue weighted by atomic mass is 32.2. The van der Waals surface area contributed by atoms with E-state index in [2.05, 4.69) is 20.3 Å². The van der Waals surface area contributed by atoms with Gasteiger partial charge in [-0.2, -0.15) is 0 Å². The fourth-order valence-electron chi connectivity index (χ4n) is 1.83. The largest absolute Gasteiger partial charge is 0.431 e. The molecule has 6 nitrogen and oxygen atoms in total.